The van der Waals surface area contributed by atoms with E-state index in [1.165, 1.54) is 22.5 Å². The summed E-state index contributed by atoms with van der Waals surface area (Å²) >= 11 is 5.88. The van der Waals surface area contributed by atoms with Crippen molar-refractivity contribution < 1.29 is 8.42 Å². The monoisotopic (exact) mass is 311 g/mol. The first-order valence-electron chi connectivity index (χ1n) is 6.43. The lowest BCUT2D eigenvalue weighted by molar-refractivity contribution is 0.448. The Morgan fingerprint density at radius 1 is 1.30 bits per heavy atom. The number of nitrogens with zero attached hydrogens (tertiary/aromatic N) is 2. The summed E-state index contributed by atoms with van der Waals surface area (Å²) in [6, 6.07) is 6.27. The van der Waals surface area contributed by atoms with E-state index in [-0.39, 0.29) is 10.5 Å². The molecule has 2 atom stereocenters. The van der Waals surface area contributed by atoms with Crippen LogP contribution in [0.1, 0.15) is 5.56 Å². The zero-order chi connectivity index (χ0) is 14.3. The molecule has 20 heavy (non-hydrogen) atoms. The van der Waals surface area contributed by atoms with Gasteiger partial charge in [0.2, 0.25) is 10.0 Å². The molecular formula is C13H14ClN3O2S. The molecule has 3 rings (SSSR count). The first-order valence-corrected chi connectivity index (χ1v) is 8.24. The van der Waals surface area contributed by atoms with Gasteiger partial charge in [-0.1, -0.05) is 11.6 Å². The van der Waals surface area contributed by atoms with Gasteiger partial charge < -0.3 is 5.32 Å². The molecule has 0 spiro atoms. The summed E-state index contributed by atoms with van der Waals surface area (Å²) in [5.41, 5.74) is 0.143. The molecule has 0 saturated carbocycles. The average Bonchev–Trinajstić information content (AvgIpc) is 2.99. The standard InChI is InChI=1S/C13H14ClN3O2S/c14-12-2-1-9(4-15)13(3-12)20(18,19)17-7-10-5-16-6-11(10)8-17/h1-3,10-11,16H,5-8H2/t10-,11+. The Bertz CT molecular complexity index is 671. The number of hydrogen-bond acceptors (Lipinski definition) is 4. The molecule has 1 aromatic rings. The van der Waals surface area contributed by atoms with Crippen molar-refractivity contribution in [1.82, 2.24) is 9.62 Å². The highest BCUT2D eigenvalue weighted by molar-refractivity contribution is 7.89. The van der Waals surface area contributed by atoms with Crippen LogP contribution in [0.25, 0.3) is 0 Å². The quantitative estimate of drug-likeness (QED) is 0.886. The molecule has 5 nitrogen and oxygen atoms in total. The fraction of sp³-hybridized carbons (Fsp3) is 0.462. The molecule has 2 aliphatic rings. The Kier molecular flexibility index (Phi) is 3.46. The van der Waals surface area contributed by atoms with Gasteiger partial charge in [0.05, 0.1) is 5.56 Å². The van der Waals surface area contributed by atoms with Gasteiger partial charge in [-0.15, -0.1) is 0 Å². The molecule has 0 unspecified atom stereocenters. The minimum Gasteiger partial charge on any atom is -0.316 e. The summed E-state index contributed by atoms with van der Waals surface area (Å²) in [4.78, 5) is 0.0143. The van der Waals surface area contributed by atoms with Crippen LogP contribution in [-0.2, 0) is 10.0 Å². The molecule has 2 aliphatic heterocycles. The largest absolute Gasteiger partial charge is 0.316 e. The Hall–Kier alpha value is -1.13. The van der Waals surface area contributed by atoms with E-state index in [1.54, 1.807) is 0 Å². The van der Waals surface area contributed by atoms with Crippen molar-refractivity contribution in [3.8, 4) is 6.07 Å². The van der Waals surface area contributed by atoms with Crippen LogP contribution in [0.4, 0.5) is 0 Å². The fourth-order valence-corrected chi connectivity index (χ4v) is 4.91. The van der Waals surface area contributed by atoms with Gasteiger partial charge in [-0.2, -0.15) is 9.57 Å². The third-order valence-electron chi connectivity index (χ3n) is 4.04. The van der Waals surface area contributed by atoms with Gasteiger partial charge in [-0.3, -0.25) is 0 Å². The van der Waals surface area contributed by atoms with E-state index in [4.69, 9.17) is 16.9 Å². The first kappa shape index (κ1) is 13.8. The van der Waals surface area contributed by atoms with Crippen molar-refractivity contribution in [2.75, 3.05) is 26.2 Å². The summed E-state index contributed by atoms with van der Waals surface area (Å²) in [5, 5.41) is 12.7. The van der Waals surface area contributed by atoms with Crippen LogP contribution in [-0.4, -0.2) is 38.9 Å². The number of benzene rings is 1. The summed E-state index contributed by atoms with van der Waals surface area (Å²) in [5.74, 6) is 0.740. The molecule has 0 amide bonds. The van der Waals surface area contributed by atoms with Gasteiger partial charge in [0.1, 0.15) is 11.0 Å². The van der Waals surface area contributed by atoms with Crippen molar-refractivity contribution in [1.29, 1.82) is 5.26 Å². The summed E-state index contributed by atoms with van der Waals surface area (Å²) in [6.45, 7) is 2.74. The van der Waals surface area contributed by atoms with Crippen LogP contribution in [0.5, 0.6) is 0 Å². The highest BCUT2D eigenvalue weighted by atomic mass is 35.5. The van der Waals surface area contributed by atoms with E-state index in [2.05, 4.69) is 5.32 Å². The number of nitrogens with one attached hydrogen (secondary N) is 1. The van der Waals surface area contributed by atoms with Gasteiger partial charge in [-0.05, 0) is 43.1 Å². The second-order valence-electron chi connectivity index (χ2n) is 5.25. The third-order valence-corrected chi connectivity index (χ3v) is 6.14. The van der Waals surface area contributed by atoms with Gasteiger partial charge in [0.25, 0.3) is 0 Å². The lowest BCUT2D eigenvalue weighted by atomic mass is 10.0. The number of hydrogen-bond donors (Lipinski definition) is 1. The van der Waals surface area contributed by atoms with Gasteiger partial charge >= 0.3 is 0 Å². The molecular weight excluding hydrogens is 298 g/mol. The summed E-state index contributed by atoms with van der Waals surface area (Å²) < 4.78 is 26.9. The summed E-state index contributed by atoms with van der Waals surface area (Å²) in [7, 11) is -3.65. The third kappa shape index (κ3) is 2.21. The Morgan fingerprint density at radius 3 is 2.55 bits per heavy atom. The Morgan fingerprint density at radius 2 is 1.95 bits per heavy atom. The highest BCUT2D eigenvalue weighted by Gasteiger charge is 2.42. The van der Waals surface area contributed by atoms with E-state index >= 15 is 0 Å². The maximum Gasteiger partial charge on any atom is 0.244 e. The zero-order valence-corrected chi connectivity index (χ0v) is 12.3. The number of fused-ring (bicyclic) bond motifs is 1. The van der Waals surface area contributed by atoms with Crippen LogP contribution in [0.2, 0.25) is 5.02 Å². The molecule has 0 aliphatic carbocycles. The van der Waals surface area contributed by atoms with Crippen LogP contribution in [0.15, 0.2) is 23.1 Å². The van der Waals surface area contributed by atoms with E-state index in [0.29, 0.717) is 29.9 Å². The van der Waals surface area contributed by atoms with Gasteiger partial charge in [-0.25, -0.2) is 8.42 Å². The first-order chi connectivity index (χ1) is 9.52. The molecule has 7 heteroatoms. The lowest BCUT2D eigenvalue weighted by Gasteiger charge is -2.18. The minimum atomic E-state index is -3.65. The molecule has 2 saturated heterocycles. The molecule has 0 bridgehead atoms. The van der Waals surface area contributed by atoms with Gasteiger partial charge in [0.15, 0.2) is 0 Å². The van der Waals surface area contributed by atoms with Crippen LogP contribution in [0.3, 0.4) is 0 Å². The number of halogens is 1. The predicted molar refractivity (Wildman–Crippen MR) is 74.8 cm³/mol. The molecule has 1 N–H and O–H groups in total. The second-order valence-corrected chi connectivity index (χ2v) is 7.60. The van der Waals surface area contributed by atoms with Gasteiger partial charge in [0, 0.05) is 18.1 Å². The molecule has 0 aromatic heterocycles. The summed E-state index contributed by atoms with van der Waals surface area (Å²) in [6.07, 6.45) is 0. The highest BCUT2D eigenvalue weighted by Crippen LogP contribution is 2.32. The lowest BCUT2D eigenvalue weighted by Crippen LogP contribution is -2.32. The van der Waals surface area contributed by atoms with Crippen LogP contribution < -0.4 is 5.32 Å². The smallest absolute Gasteiger partial charge is 0.244 e. The molecule has 2 fully saturated rings. The Balaban J connectivity index is 1.97. The van der Waals surface area contributed by atoms with Crippen molar-refractivity contribution in [3.63, 3.8) is 0 Å². The molecule has 1 aromatic carbocycles. The van der Waals surface area contributed by atoms with Crippen molar-refractivity contribution in [2.24, 2.45) is 11.8 Å². The fourth-order valence-electron chi connectivity index (χ4n) is 2.95. The SMILES string of the molecule is N#Cc1ccc(Cl)cc1S(=O)(=O)N1C[C@H]2CNC[C@H]2C1. The zero-order valence-electron chi connectivity index (χ0n) is 10.7. The van der Waals surface area contributed by atoms with E-state index in [1.807, 2.05) is 6.07 Å². The topological polar surface area (TPSA) is 73.2 Å². The molecule has 2 heterocycles. The number of rotatable bonds is 2. The van der Waals surface area contributed by atoms with E-state index in [0.717, 1.165) is 13.1 Å². The Labute approximate surface area is 123 Å². The van der Waals surface area contributed by atoms with Crippen molar-refractivity contribution >= 4 is 21.6 Å². The van der Waals surface area contributed by atoms with E-state index in [9.17, 15) is 8.42 Å². The number of nitriles is 1. The molecule has 0 radical (unpaired) electrons. The maximum atomic E-state index is 12.7. The predicted octanol–water partition coefficient (Wildman–Crippen LogP) is 1.05. The normalized spacial score (nSPS) is 26.4. The van der Waals surface area contributed by atoms with Crippen molar-refractivity contribution in [3.05, 3.63) is 28.8 Å². The van der Waals surface area contributed by atoms with Crippen molar-refractivity contribution in [2.45, 2.75) is 4.90 Å². The number of sulfonamides is 1. The maximum absolute atomic E-state index is 12.7. The second kappa shape index (κ2) is 5.01. The average molecular weight is 312 g/mol. The minimum absolute atomic E-state index is 0.0143. The molecule has 106 valence electrons. The van der Waals surface area contributed by atoms with E-state index < -0.39 is 10.0 Å². The van der Waals surface area contributed by atoms with Crippen LogP contribution in [0, 0.1) is 23.2 Å². The van der Waals surface area contributed by atoms with Crippen LogP contribution >= 0.6 is 11.6 Å².